The molecule has 1 rings (SSSR count). The Hall–Kier alpha value is -0.530. The average Bonchev–Trinajstić information content (AvgIpc) is 2.01. The van der Waals surface area contributed by atoms with Crippen molar-refractivity contribution >= 4 is 12.4 Å². The van der Waals surface area contributed by atoms with Gasteiger partial charge in [-0.2, -0.15) is 0 Å². The minimum absolute atomic E-state index is 0. The Labute approximate surface area is 99.7 Å². The second kappa shape index (κ2) is 6.86. The van der Waals surface area contributed by atoms with Crippen LogP contribution in [-0.2, 0) is 0 Å². The molecule has 1 aliphatic heterocycles. The smallest absolute Gasteiger partial charge is 0.0289 e. The zero-order valence-corrected chi connectivity index (χ0v) is 10.6. The van der Waals surface area contributed by atoms with Crippen LogP contribution in [-0.4, -0.2) is 12.1 Å². The fraction of sp³-hybridized carbons (Fsp3) is 0.538. The predicted molar refractivity (Wildman–Crippen MR) is 70.6 cm³/mol. The highest BCUT2D eigenvalue weighted by Gasteiger charge is 2.16. The Morgan fingerprint density at radius 1 is 1.27 bits per heavy atom. The van der Waals surface area contributed by atoms with E-state index in [-0.39, 0.29) is 12.4 Å². The maximum Gasteiger partial charge on any atom is 0.0289 e. The summed E-state index contributed by atoms with van der Waals surface area (Å²) in [4.78, 5) is 0. The molecule has 0 aromatic carbocycles. The third-order valence-electron chi connectivity index (χ3n) is 2.40. The summed E-state index contributed by atoms with van der Waals surface area (Å²) < 4.78 is 0. The van der Waals surface area contributed by atoms with E-state index in [1.165, 1.54) is 11.1 Å². The molecule has 0 saturated carbocycles. The molecule has 0 bridgehead atoms. The lowest BCUT2D eigenvalue weighted by molar-refractivity contribution is 0.445. The summed E-state index contributed by atoms with van der Waals surface area (Å²) in [7, 11) is 0. The first-order valence-electron chi connectivity index (χ1n) is 5.29. The number of hydrogen-bond acceptors (Lipinski definition) is 1. The van der Waals surface area contributed by atoms with Crippen molar-refractivity contribution < 1.29 is 0 Å². The summed E-state index contributed by atoms with van der Waals surface area (Å²) in [5.41, 5.74) is 2.50. The van der Waals surface area contributed by atoms with Crippen LogP contribution in [0.15, 0.2) is 36.5 Å². The van der Waals surface area contributed by atoms with E-state index in [0.29, 0.717) is 12.1 Å². The van der Waals surface area contributed by atoms with Gasteiger partial charge in [0.25, 0.3) is 0 Å². The maximum atomic E-state index is 3.95. The molecule has 0 aromatic rings. The second-order valence-corrected chi connectivity index (χ2v) is 4.46. The van der Waals surface area contributed by atoms with Crippen LogP contribution >= 0.6 is 12.4 Å². The van der Waals surface area contributed by atoms with Crippen molar-refractivity contribution in [2.75, 3.05) is 0 Å². The van der Waals surface area contributed by atoms with Gasteiger partial charge in [0.05, 0.1) is 0 Å². The van der Waals surface area contributed by atoms with E-state index in [9.17, 15) is 0 Å². The van der Waals surface area contributed by atoms with Crippen LogP contribution < -0.4 is 5.32 Å². The van der Waals surface area contributed by atoms with Gasteiger partial charge >= 0.3 is 0 Å². The summed E-state index contributed by atoms with van der Waals surface area (Å²) in [6, 6.07) is 1.05. The van der Waals surface area contributed by atoms with E-state index in [2.05, 4.69) is 44.5 Å². The Bertz CT molecular complexity index is 255. The van der Waals surface area contributed by atoms with Crippen LogP contribution in [0.4, 0.5) is 0 Å². The topological polar surface area (TPSA) is 12.0 Å². The van der Waals surface area contributed by atoms with Gasteiger partial charge in [-0.3, -0.25) is 0 Å². The molecule has 0 aliphatic carbocycles. The van der Waals surface area contributed by atoms with Crippen molar-refractivity contribution in [2.24, 2.45) is 0 Å². The molecule has 0 spiro atoms. The highest BCUT2D eigenvalue weighted by atomic mass is 35.5. The highest BCUT2D eigenvalue weighted by Crippen LogP contribution is 2.15. The third-order valence-corrected chi connectivity index (χ3v) is 2.40. The maximum absolute atomic E-state index is 3.95. The molecule has 86 valence electrons. The highest BCUT2D eigenvalue weighted by molar-refractivity contribution is 5.85. The van der Waals surface area contributed by atoms with Gasteiger partial charge in [0.1, 0.15) is 0 Å². The number of hydrogen-bond donors (Lipinski definition) is 1. The Morgan fingerprint density at radius 2 is 1.87 bits per heavy atom. The van der Waals surface area contributed by atoms with E-state index in [0.717, 1.165) is 19.3 Å². The van der Waals surface area contributed by atoms with E-state index in [1.807, 2.05) is 0 Å². The van der Waals surface area contributed by atoms with Gasteiger partial charge in [0, 0.05) is 12.1 Å². The van der Waals surface area contributed by atoms with Gasteiger partial charge in [-0.05, 0) is 33.1 Å². The van der Waals surface area contributed by atoms with Crippen LogP contribution in [0.3, 0.4) is 0 Å². The quantitative estimate of drug-likeness (QED) is 0.724. The van der Waals surface area contributed by atoms with Crippen LogP contribution in [0, 0.1) is 0 Å². The predicted octanol–water partition coefficient (Wildman–Crippen LogP) is 3.63. The van der Waals surface area contributed by atoms with Crippen LogP contribution in [0.5, 0.6) is 0 Å². The van der Waals surface area contributed by atoms with Crippen LogP contribution in [0.2, 0.25) is 0 Å². The molecule has 1 nitrogen and oxygen atoms in total. The van der Waals surface area contributed by atoms with Crippen molar-refractivity contribution in [3.8, 4) is 0 Å². The standard InChI is InChI=1S/C13H21N.ClH/c1-10(2)8-12-6-5-7-13(14-12)9-11(3)4;/h5-6,12-14H,1,3,7-9H2,2,4H3;1H/t12-,13-;/m1./s1. The van der Waals surface area contributed by atoms with Gasteiger partial charge in [-0.1, -0.05) is 23.3 Å². The van der Waals surface area contributed by atoms with Crippen molar-refractivity contribution in [2.45, 2.75) is 45.2 Å². The van der Waals surface area contributed by atoms with Crippen molar-refractivity contribution in [3.05, 3.63) is 36.5 Å². The normalized spacial score (nSPS) is 24.4. The van der Waals surface area contributed by atoms with E-state index >= 15 is 0 Å². The Balaban J connectivity index is 0.00000196. The zero-order chi connectivity index (χ0) is 10.6. The largest absolute Gasteiger partial charge is 0.307 e. The summed E-state index contributed by atoms with van der Waals surface area (Å²) in [5.74, 6) is 0. The van der Waals surface area contributed by atoms with Crippen molar-refractivity contribution in [1.29, 1.82) is 0 Å². The molecular weight excluding hydrogens is 206 g/mol. The molecule has 1 N–H and O–H groups in total. The Morgan fingerprint density at radius 3 is 2.40 bits per heavy atom. The number of rotatable bonds is 4. The molecule has 1 aliphatic rings. The molecule has 0 saturated heterocycles. The summed E-state index contributed by atoms with van der Waals surface area (Å²) in [6.45, 7) is 12.1. The fourth-order valence-corrected chi connectivity index (χ4v) is 1.90. The molecule has 0 amide bonds. The number of halogens is 1. The molecule has 1 heterocycles. The molecule has 2 atom stereocenters. The SMILES string of the molecule is C=C(C)C[C@H]1CC=C[C@H](CC(=C)C)N1.Cl. The van der Waals surface area contributed by atoms with Crippen molar-refractivity contribution in [1.82, 2.24) is 5.32 Å². The zero-order valence-electron chi connectivity index (χ0n) is 9.75. The molecule has 0 radical (unpaired) electrons. The summed E-state index contributed by atoms with van der Waals surface area (Å²) in [5, 5.41) is 3.61. The second-order valence-electron chi connectivity index (χ2n) is 4.46. The molecule has 15 heavy (non-hydrogen) atoms. The first kappa shape index (κ1) is 14.5. The molecule has 0 unspecified atom stereocenters. The van der Waals surface area contributed by atoms with Gasteiger partial charge in [-0.25, -0.2) is 0 Å². The summed E-state index contributed by atoms with van der Waals surface area (Å²) in [6.07, 6.45) is 7.78. The average molecular weight is 228 g/mol. The lowest BCUT2D eigenvalue weighted by atomic mass is 9.97. The van der Waals surface area contributed by atoms with Gasteiger partial charge in [0.15, 0.2) is 0 Å². The fourth-order valence-electron chi connectivity index (χ4n) is 1.90. The first-order chi connectivity index (χ1) is 6.58. The number of nitrogens with one attached hydrogen (secondary N) is 1. The van der Waals surface area contributed by atoms with Gasteiger partial charge < -0.3 is 5.32 Å². The van der Waals surface area contributed by atoms with Crippen LogP contribution in [0.25, 0.3) is 0 Å². The Kier molecular flexibility index (Phi) is 6.62. The molecule has 0 aromatic heterocycles. The molecule has 2 heteroatoms. The minimum Gasteiger partial charge on any atom is -0.307 e. The third kappa shape index (κ3) is 5.81. The molecule has 0 fully saturated rings. The minimum atomic E-state index is 0. The van der Waals surface area contributed by atoms with Gasteiger partial charge in [-0.15, -0.1) is 25.6 Å². The van der Waals surface area contributed by atoms with Crippen molar-refractivity contribution in [3.63, 3.8) is 0 Å². The summed E-state index contributed by atoms with van der Waals surface area (Å²) >= 11 is 0. The van der Waals surface area contributed by atoms with Crippen LogP contribution in [0.1, 0.15) is 33.1 Å². The lowest BCUT2D eigenvalue weighted by Gasteiger charge is -2.27. The van der Waals surface area contributed by atoms with E-state index in [4.69, 9.17) is 0 Å². The lowest BCUT2D eigenvalue weighted by Crippen LogP contribution is -2.39. The first-order valence-corrected chi connectivity index (χ1v) is 5.29. The van der Waals surface area contributed by atoms with E-state index < -0.39 is 0 Å². The van der Waals surface area contributed by atoms with E-state index in [1.54, 1.807) is 0 Å². The monoisotopic (exact) mass is 227 g/mol. The molecular formula is C13H22ClN. The van der Waals surface area contributed by atoms with Gasteiger partial charge in [0.2, 0.25) is 0 Å².